The minimum Gasteiger partial charge on any atom is -0.347 e. The summed E-state index contributed by atoms with van der Waals surface area (Å²) in [6.07, 6.45) is 3.27. The molecule has 0 unspecified atom stereocenters. The number of nitrogens with zero attached hydrogens (tertiary/aromatic N) is 5. The zero-order valence-corrected chi connectivity index (χ0v) is 15.9. The van der Waals surface area contributed by atoms with Gasteiger partial charge in [0.15, 0.2) is 0 Å². The van der Waals surface area contributed by atoms with Crippen molar-refractivity contribution in [3.63, 3.8) is 0 Å². The van der Waals surface area contributed by atoms with Gasteiger partial charge in [0.2, 0.25) is 11.9 Å². The first kappa shape index (κ1) is 17.7. The summed E-state index contributed by atoms with van der Waals surface area (Å²) in [4.78, 5) is 34.9. The summed E-state index contributed by atoms with van der Waals surface area (Å²) in [5.41, 5.74) is 3.17. The third-order valence-corrected chi connectivity index (χ3v) is 4.75. The van der Waals surface area contributed by atoms with Crippen LogP contribution in [0, 0.1) is 0 Å². The third-order valence-electron chi connectivity index (χ3n) is 4.75. The zero-order chi connectivity index (χ0) is 19.8. The molecule has 0 aliphatic carbocycles. The molecule has 142 valence electrons. The van der Waals surface area contributed by atoms with E-state index in [4.69, 9.17) is 0 Å². The number of aryl methyl sites for hydroxylation is 1. The lowest BCUT2D eigenvalue weighted by Gasteiger charge is -2.12. The second kappa shape index (κ2) is 6.80. The monoisotopic (exact) mass is 376 g/mol. The van der Waals surface area contributed by atoms with E-state index in [-0.39, 0.29) is 18.4 Å². The number of amides is 2. The van der Waals surface area contributed by atoms with E-state index in [1.807, 2.05) is 35.9 Å². The van der Waals surface area contributed by atoms with Crippen molar-refractivity contribution in [2.75, 3.05) is 20.6 Å². The number of hydrogen-bond acceptors (Lipinski definition) is 4. The molecule has 3 aromatic heterocycles. The Labute approximate surface area is 161 Å². The number of nitrogens with one attached hydrogen (secondary N) is 1. The van der Waals surface area contributed by atoms with E-state index in [0.717, 1.165) is 21.9 Å². The average molecular weight is 376 g/mol. The van der Waals surface area contributed by atoms with Crippen molar-refractivity contribution in [3.05, 3.63) is 54.5 Å². The molecular weight excluding hydrogens is 356 g/mol. The lowest BCUT2D eigenvalue weighted by atomic mass is 10.2. The van der Waals surface area contributed by atoms with Gasteiger partial charge < -0.3 is 14.8 Å². The molecule has 0 saturated carbocycles. The van der Waals surface area contributed by atoms with Gasteiger partial charge >= 0.3 is 0 Å². The lowest BCUT2D eigenvalue weighted by molar-refractivity contribution is -0.127. The number of rotatable bonds is 4. The predicted molar refractivity (Wildman–Crippen MR) is 106 cm³/mol. The first-order valence-corrected chi connectivity index (χ1v) is 8.83. The van der Waals surface area contributed by atoms with Gasteiger partial charge in [0.05, 0.1) is 23.1 Å². The molecule has 4 rings (SSSR count). The molecule has 1 aromatic carbocycles. The quantitative estimate of drug-likeness (QED) is 0.588. The standard InChI is InChI=1S/C20H20N6O2/c1-24(2)17(27)12-23-19(28)16-11-15-18(26(16)20-21-9-6-10-22-20)13-7-4-5-8-14(13)25(15)3/h4-11H,12H2,1-3H3,(H,23,28). The Hall–Kier alpha value is -3.68. The Morgan fingerprint density at radius 2 is 1.79 bits per heavy atom. The molecule has 2 amide bonds. The molecule has 1 N–H and O–H groups in total. The zero-order valence-electron chi connectivity index (χ0n) is 15.9. The fourth-order valence-electron chi connectivity index (χ4n) is 3.29. The van der Waals surface area contributed by atoms with Crippen molar-refractivity contribution in [1.29, 1.82) is 0 Å². The average Bonchev–Trinajstić information content (AvgIpc) is 3.23. The van der Waals surface area contributed by atoms with Crippen LogP contribution in [-0.4, -0.2) is 56.5 Å². The molecule has 0 spiro atoms. The van der Waals surface area contributed by atoms with Crippen molar-refractivity contribution in [1.82, 2.24) is 29.3 Å². The molecule has 3 heterocycles. The van der Waals surface area contributed by atoms with E-state index in [9.17, 15) is 9.59 Å². The Kier molecular flexibility index (Phi) is 4.31. The molecule has 0 saturated heterocycles. The van der Waals surface area contributed by atoms with Crippen LogP contribution in [0.1, 0.15) is 10.5 Å². The van der Waals surface area contributed by atoms with E-state index in [2.05, 4.69) is 15.3 Å². The van der Waals surface area contributed by atoms with E-state index in [0.29, 0.717) is 11.6 Å². The van der Waals surface area contributed by atoms with Crippen LogP contribution in [-0.2, 0) is 11.8 Å². The van der Waals surface area contributed by atoms with Gasteiger partial charge in [-0.25, -0.2) is 9.97 Å². The molecule has 4 aromatic rings. The molecule has 28 heavy (non-hydrogen) atoms. The molecule has 0 aliphatic rings. The van der Waals surface area contributed by atoms with Crippen LogP contribution in [0.5, 0.6) is 0 Å². The molecule has 8 nitrogen and oxygen atoms in total. The number of benzene rings is 1. The highest BCUT2D eigenvalue weighted by Crippen LogP contribution is 2.32. The smallest absolute Gasteiger partial charge is 0.268 e. The number of para-hydroxylation sites is 1. The maximum atomic E-state index is 12.9. The van der Waals surface area contributed by atoms with Crippen molar-refractivity contribution in [3.8, 4) is 5.95 Å². The van der Waals surface area contributed by atoms with Gasteiger partial charge in [-0.05, 0) is 18.2 Å². The maximum absolute atomic E-state index is 12.9. The molecular formula is C20H20N6O2. The number of likely N-dealkylation sites (N-methyl/N-ethyl adjacent to an activating group) is 1. The number of aromatic nitrogens is 4. The first-order chi connectivity index (χ1) is 13.5. The fraction of sp³-hybridized carbons (Fsp3) is 0.200. The molecule has 8 heteroatoms. The van der Waals surface area contributed by atoms with Crippen LogP contribution in [0.2, 0.25) is 0 Å². The van der Waals surface area contributed by atoms with E-state index in [1.165, 1.54) is 4.90 Å². The topological polar surface area (TPSA) is 85.0 Å². The number of carbonyl (C=O) groups excluding carboxylic acids is 2. The highest BCUT2D eigenvalue weighted by Gasteiger charge is 2.23. The first-order valence-electron chi connectivity index (χ1n) is 8.83. The molecule has 0 fully saturated rings. The Morgan fingerprint density at radius 3 is 2.50 bits per heavy atom. The summed E-state index contributed by atoms with van der Waals surface area (Å²) >= 11 is 0. The summed E-state index contributed by atoms with van der Waals surface area (Å²) in [6, 6.07) is 11.5. The second-order valence-electron chi connectivity index (χ2n) is 6.69. The van der Waals surface area contributed by atoms with Crippen molar-refractivity contribution < 1.29 is 9.59 Å². The van der Waals surface area contributed by atoms with Gasteiger partial charge in [-0.1, -0.05) is 18.2 Å². The van der Waals surface area contributed by atoms with Crippen LogP contribution in [0.15, 0.2) is 48.8 Å². The molecule has 0 aliphatic heterocycles. The largest absolute Gasteiger partial charge is 0.347 e. The van der Waals surface area contributed by atoms with Gasteiger partial charge in [0, 0.05) is 38.9 Å². The lowest BCUT2D eigenvalue weighted by Crippen LogP contribution is -2.36. The molecule has 0 bridgehead atoms. The minimum atomic E-state index is -0.358. The number of carbonyl (C=O) groups is 2. The van der Waals surface area contributed by atoms with Crippen LogP contribution in [0.4, 0.5) is 0 Å². The number of hydrogen-bond donors (Lipinski definition) is 1. The Balaban J connectivity index is 1.90. The van der Waals surface area contributed by atoms with Crippen LogP contribution in [0.3, 0.4) is 0 Å². The minimum absolute atomic E-state index is 0.0796. The summed E-state index contributed by atoms with van der Waals surface area (Å²) in [6.45, 7) is -0.0796. The molecule has 0 radical (unpaired) electrons. The van der Waals surface area contributed by atoms with Crippen LogP contribution < -0.4 is 5.32 Å². The Bertz CT molecular complexity index is 1190. The highest BCUT2D eigenvalue weighted by atomic mass is 16.2. The van der Waals surface area contributed by atoms with Crippen LogP contribution in [0.25, 0.3) is 27.9 Å². The maximum Gasteiger partial charge on any atom is 0.268 e. The van der Waals surface area contributed by atoms with Gasteiger partial charge in [0.25, 0.3) is 5.91 Å². The summed E-state index contributed by atoms with van der Waals surface area (Å²) < 4.78 is 3.78. The van der Waals surface area contributed by atoms with Crippen molar-refractivity contribution in [2.45, 2.75) is 0 Å². The normalized spacial score (nSPS) is 11.1. The SMILES string of the molecule is CN(C)C(=O)CNC(=O)c1cc2c(c3ccccc3n2C)n1-c1ncccn1. The van der Waals surface area contributed by atoms with Crippen molar-refractivity contribution in [2.24, 2.45) is 7.05 Å². The predicted octanol–water partition coefficient (Wildman–Crippen LogP) is 1.73. The third kappa shape index (κ3) is 2.79. The summed E-state index contributed by atoms with van der Waals surface area (Å²) in [5, 5.41) is 3.69. The van der Waals surface area contributed by atoms with Gasteiger partial charge in [-0.2, -0.15) is 0 Å². The fourth-order valence-corrected chi connectivity index (χ4v) is 3.29. The Morgan fingerprint density at radius 1 is 1.07 bits per heavy atom. The van der Waals surface area contributed by atoms with Crippen molar-refractivity contribution >= 4 is 33.8 Å². The van der Waals surface area contributed by atoms with Crippen LogP contribution >= 0.6 is 0 Å². The van der Waals surface area contributed by atoms with E-state index in [1.54, 1.807) is 43.2 Å². The van der Waals surface area contributed by atoms with Gasteiger partial charge in [0.1, 0.15) is 5.69 Å². The number of fused-ring (bicyclic) bond motifs is 3. The van der Waals surface area contributed by atoms with E-state index >= 15 is 0 Å². The second-order valence-corrected chi connectivity index (χ2v) is 6.69. The van der Waals surface area contributed by atoms with Gasteiger partial charge in [-0.3, -0.25) is 14.2 Å². The summed E-state index contributed by atoms with van der Waals surface area (Å²) in [7, 11) is 5.25. The summed E-state index contributed by atoms with van der Waals surface area (Å²) in [5.74, 6) is -0.140. The van der Waals surface area contributed by atoms with E-state index < -0.39 is 0 Å². The molecule has 0 atom stereocenters. The highest BCUT2D eigenvalue weighted by molar-refractivity contribution is 6.11. The van der Waals surface area contributed by atoms with Gasteiger partial charge in [-0.15, -0.1) is 0 Å².